The topological polar surface area (TPSA) is 39.7 Å². The van der Waals surface area contributed by atoms with Crippen molar-refractivity contribution in [1.82, 2.24) is 5.32 Å². The van der Waals surface area contributed by atoms with Gasteiger partial charge in [0.2, 0.25) is 0 Å². The van der Waals surface area contributed by atoms with Gasteiger partial charge in [0.1, 0.15) is 18.1 Å². The van der Waals surface area contributed by atoms with Crippen molar-refractivity contribution in [2.45, 2.75) is 26.3 Å². The minimum absolute atomic E-state index is 0.312. The van der Waals surface area contributed by atoms with Crippen molar-refractivity contribution < 1.29 is 14.2 Å². The Labute approximate surface area is 115 Å². The normalized spacial score (nSPS) is 17.1. The van der Waals surface area contributed by atoms with Crippen molar-refractivity contribution in [3.05, 3.63) is 23.8 Å². The van der Waals surface area contributed by atoms with Gasteiger partial charge in [-0.25, -0.2) is 0 Å². The van der Waals surface area contributed by atoms with Crippen molar-refractivity contribution in [1.29, 1.82) is 0 Å². The molecule has 1 aromatic carbocycles. The smallest absolute Gasteiger partial charge is 0.127 e. The van der Waals surface area contributed by atoms with Gasteiger partial charge in [0.15, 0.2) is 0 Å². The molecule has 0 aliphatic carbocycles. The standard InChI is InChI=1S/C15H23NO3/c1-3-16-14-11-19-15-10-12(6-7-13(14)15)18-9-5-8-17-4-2/h6-7,10,14,16H,3-5,8-9,11H2,1-2H3. The highest BCUT2D eigenvalue weighted by Gasteiger charge is 2.23. The molecular formula is C15H23NO3. The monoisotopic (exact) mass is 265 g/mol. The molecule has 0 saturated heterocycles. The van der Waals surface area contributed by atoms with E-state index in [-0.39, 0.29) is 0 Å². The zero-order valence-electron chi connectivity index (χ0n) is 11.8. The molecule has 0 fully saturated rings. The summed E-state index contributed by atoms with van der Waals surface area (Å²) in [6.45, 7) is 7.95. The molecule has 1 atom stereocenters. The number of hydrogen-bond donors (Lipinski definition) is 1. The first kappa shape index (κ1) is 14.2. The summed E-state index contributed by atoms with van der Waals surface area (Å²) < 4.78 is 16.6. The number of likely N-dealkylation sites (N-methyl/N-ethyl adjacent to an activating group) is 1. The molecule has 0 saturated carbocycles. The van der Waals surface area contributed by atoms with Gasteiger partial charge >= 0.3 is 0 Å². The first-order chi connectivity index (χ1) is 9.35. The summed E-state index contributed by atoms with van der Waals surface area (Å²) in [5.41, 5.74) is 1.23. The molecule has 1 N–H and O–H groups in total. The Morgan fingerprint density at radius 3 is 3.00 bits per heavy atom. The maximum absolute atomic E-state index is 5.69. The Morgan fingerprint density at radius 2 is 2.21 bits per heavy atom. The van der Waals surface area contributed by atoms with Crippen LogP contribution >= 0.6 is 0 Å². The first-order valence-corrected chi connectivity index (χ1v) is 7.05. The van der Waals surface area contributed by atoms with Crippen molar-refractivity contribution >= 4 is 0 Å². The SMILES string of the molecule is CCNC1COc2cc(OCCCOCC)ccc21. The molecule has 106 valence electrons. The van der Waals surface area contributed by atoms with Crippen LogP contribution in [-0.4, -0.2) is 33.0 Å². The van der Waals surface area contributed by atoms with Crippen LogP contribution in [0.4, 0.5) is 0 Å². The molecule has 1 aliphatic heterocycles. The fraction of sp³-hybridized carbons (Fsp3) is 0.600. The van der Waals surface area contributed by atoms with Crippen molar-refractivity contribution in [3.8, 4) is 11.5 Å². The lowest BCUT2D eigenvalue weighted by atomic mass is 10.1. The third-order valence-electron chi connectivity index (χ3n) is 3.12. The number of hydrogen-bond acceptors (Lipinski definition) is 4. The lowest BCUT2D eigenvalue weighted by Crippen LogP contribution is -2.21. The molecule has 4 heteroatoms. The Kier molecular flexibility index (Phi) is 5.48. The summed E-state index contributed by atoms with van der Waals surface area (Å²) in [5, 5.41) is 3.40. The number of ether oxygens (including phenoxy) is 3. The van der Waals surface area contributed by atoms with E-state index in [1.165, 1.54) is 5.56 Å². The highest BCUT2D eigenvalue weighted by Crippen LogP contribution is 2.35. The van der Waals surface area contributed by atoms with Crippen LogP contribution in [0, 0.1) is 0 Å². The minimum atomic E-state index is 0.312. The number of benzene rings is 1. The fourth-order valence-corrected chi connectivity index (χ4v) is 2.19. The second-order valence-corrected chi connectivity index (χ2v) is 4.52. The molecular weight excluding hydrogens is 242 g/mol. The Balaban J connectivity index is 1.84. The van der Waals surface area contributed by atoms with Crippen LogP contribution in [0.1, 0.15) is 31.9 Å². The highest BCUT2D eigenvalue weighted by atomic mass is 16.5. The Morgan fingerprint density at radius 1 is 1.32 bits per heavy atom. The lowest BCUT2D eigenvalue weighted by Gasteiger charge is -2.10. The molecule has 4 nitrogen and oxygen atoms in total. The van der Waals surface area contributed by atoms with E-state index in [1.54, 1.807) is 0 Å². The first-order valence-electron chi connectivity index (χ1n) is 7.05. The van der Waals surface area contributed by atoms with E-state index in [0.717, 1.165) is 37.7 Å². The third kappa shape index (κ3) is 3.85. The molecule has 2 rings (SSSR count). The summed E-state index contributed by atoms with van der Waals surface area (Å²) in [5.74, 6) is 1.81. The second kappa shape index (κ2) is 7.36. The number of rotatable bonds is 8. The van der Waals surface area contributed by atoms with E-state index in [0.29, 0.717) is 19.3 Å². The van der Waals surface area contributed by atoms with Crippen LogP contribution in [0.15, 0.2) is 18.2 Å². The molecule has 1 aromatic rings. The van der Waals surface area contributed by atoms with Crippen molar-refractivity contribution in [3.63, 3.8) is 0 Å². The quantitative estimate of drug-likeness (QED) is 0.733. The van der Waals surface area contributed by atoms with Gasteiger partial charge in [-0.1, -0.05) is 6.92 Å². The largest absolute Gasteiger partial charge is 0.493 e. The molecule has 0 spiro atoms. The van der Waals surface area contributed by atoms with Gasteiger partial charge < -0.3 is 19.5 Å². The maximum Gasteiger partial charge on any atom is 0.127 e. The zero-order chi connectivity index (χ0) is 13.5. The average Bonchev–Trinajstić information content (AvgIpc) is 2.82. The molecule has 0 bridgehead atoms. The van der Waals surface area contributed by atoms with E-state index in [4.69, 9.17) is 14.2 Å². The third-order valence-corrected chi connectivity index (χ3v) is 3.12. The van der Waals surface area contributed by atoms with Gasteiger partial charge in [-0.05, 0) is 25.6 Å². The number of fused-ring (bicyclic) bond motifs is 1. The molecule has 1 heterocycles. The number of nitrogens with one attached hydrogen (secondary N) is 1. The van der Waals surface area contributed by atoms with E-state index in [9.17, 15) is 0 Å². The van der Waals surface area contributed by atoms with Crippen LogP contribution in [-0.2, 0) is 4.74 Å². The second-order valence-electron chi connectivity index (χ2n) is 4.52. The molecule has 0 amide bonds. The molecule has 0 radical (unpaired) electrons. The van der Waals surface area contributed by atoms with Gasteiger partial charge in [0.05, 0.1) is 12.6 Å². The van der Waals surface area contributed by atoms with E-state index >= 15 is 0 Å². The van der Waals surface area contributed by atoms with Crippen molar-refractivity contribution in [2.24, 2.45) is 0 Å². The molecule has 1 aliphatic rings. The Hall–Kier alpha value is -1.26. The summed E-state index contributed by atoms with van der Waals surface area (Å²) in [4.78, 5) is 0. The van der Waals surface area contributed by atoms with Gasteiger partial charge in [0.25, 0.3) is 0 Å². The van der Waals surface area contributed by atoms with Crippen LogP contribution in [0.5, 0.6) is 11.5 Å². The van der Waals surface area contributed by atoms with Crippen molar-refractivity contribution in [2.75, 3.05) is 33.0 Å². The highest BCUT2D eigenvalue weighted by molar-refractivity contribution is 5.45. The molecule has 19 heavy (non-hydrogen) atoms. The van der Waals surface area contributed by atoms with E-state index in [1.807, 2.05) is 19.1 Å². The van der Waals surface area contributed by atoms with Gasteiger partial charge in [-0.3, -0.25) is 0 Å². The fourth-order valence-electron chi connectivity index (χ4n) is 2.19. The molecule has 0 aromatic heterocycles. The van der Waals surface area contributed by atoms with Gasteiger partial charge in [-0.2, -0.15) is 0 Å². The minimum Gasteiger partial charge on any atom is -0.493 e. The summed E-state index contributed by atoms with van der Waals surface area (Å²) in [6, 6.07) is 6.39. The predicted molar refractivity (Wildman–Crippen MR) is 75.0 cm³/mol. The van der Waals surface area contributed by atoms with E-state index in [2.05, 4.69) is 18.3 Å². The lowest BCUT2D eigenvalue weighted by molar-refractivity contribution is 0.131. The van der Waals surface area contributed by atoms with Gasteiger partial charge in [0, 0.05) is 31.3 Å². The van der Waals surface area contributed by atoms with Crippen LogP contribution in [0.3, 0.4) is 0 Å². The van der Waals surface area contributed by atoms with Gasteiger partial charge in [-0.15, -0.1) is 0 Å². The summed E-state index contributed by atoms with van der Waals surface area (Å²) >= 11 is 0. The zero-order valence-corrected chi connectivity index (χ0v) is 11.8. The van der Waals surface area contributed by atoms with Crippen LogP contribution in [0.25, 0.3) is 0 Å². The summed E-state index contributed by atoms with van der Waals surface area (Å²) in [7, 11) is 0. The average molecular weight is 265 g/mol. The van der Waals surface area contributed by atoms with Crippen LogP contribution in [0.2, 0.25) is 0 Å². The maximum atomic E-state index is 5.69. The Bertz CT molecular complexity index is 395. The predicted octanol–water partition coefficient (Wildman–Crippen LogP) is 2.54. The summed E-state index contributed by atoms with van der Waals surface area (Å²) in [6.07, 6.45) is 0.909. The molecule has 1 unspecified atom stereocenters. The van der Waals surface area contributed by atoms with E-state index < -0.39 is 0 Å². The van der Waals surface area contributed by atoms with Crippen LogP contribution < -0.4 is 14.8 Å².